The zero-order chi connectivity index (χ0) is 13.3. The first kappa shape index (κ1) is 13.8. The standard InChI is InChI=1S/C15H23NOS/c1-12-10-14(13-8-6-5-7-9-13)16(11-12)18(17)15(2,3)4/h5-9,12,14H,10-11H2,1-4H3/t12?,14-,18-/m1/s1. The van der Waals surface area contributed by atoms with Crippen LogP contribution < -0.4 is 0 Å². The highest BCUT2D eigenvalue weighted by Crippen LogP contribution is 2.38. The highest BCUT2D eigenvalue weighted by molar-refractivity contribution is 7.84. The molecule has 0 aromatic heterocycles. The van der Waals surface area contributed by atoms with E-state index < -0.39 is 11.0 Å². The topological polar surface area (TPSA) is 20.3 Å². The van der Waals surface area contributed by atoms with Crippen molar-refractivity contribution in [3.05, 3.63) is 35.9 Å². The third kappa shape index (κ3) is 2.83. The van der Waals surface area contributed by atoms with Crippen molar-refractivity contribution >= 4 is 11.0 Å². The summed E-state index contributed by atoms with van der Waals surface area (Å²) in [4.78, 5) is 0. The van der Waals surface area contributed by atoms with Crippen LogP contribution in [-0.4, -0.2) is 19.8 Å². The number of nitrogens with zero attached hydrogens (tertiary/aromatic N) is 1. The van der Waals surface area contributed by atoms with Crippen molar-refractivity contribution in [1.29, 1.82) is 0 Å². The van der Waals surface area contributed by atoms with E-state index in [1.54, 1.807) is 0 Å². The minimum atomic E-state index is -0.931. The minimum Gasteiger partial charge on any atom is -0.242 e. The predicted octanol–water partition coefficient (Wildman–Crippen LogP) is 3.53. The summed E-state index contributed by atoms with van der Waals surface area (Å²) in [5, 5.41) is 0. The maximum atomic E-state index is 12.6. The van der Waals surface area contributed by atoms with E-state index in [-0.39, 0.29) is 4.75 Å². The Morgan fingerprint density at radius 2 is 1.83 bits per heavy atom. The molecule has 1 fully saturated rings. The van der Waals surface area contributed by atoms with Crippen LogP contribution >= 0.6 is 0 Å². The summed E-state index contributed by atoms with van der Waals surface area (Å²) in [5.74, 6) is 0.613. The molecule has 1 heterocycles. The molecule has 100 valence electrons. The Labute approximate surface area is 113 Å². The van der Waals surface area contributed by atoms with E-state index in [0.717, 1.165) is 13.0 Å². The van der Waals surface area contributed by atoms with Crippen LogP contribution in [0.2, 0.25) is 0 Å². The molecule has 2 nitrogen and oxygen atoms in total. The van der Waals surface area contributed by atoms with Gasteiger partial charge in [-0.3, -0.25) is 0 Å². The van der Waals surface area contributed by atoms with Gasteiger partial charge in [-0.1, -0.05) is 37.3 Å². The third-order valence-electron chi connectivity index (χ3n) is 3.39. The molecule has 0 N–H and O–H groups in total. The summed E-state index contributed by atoms with van der Waals surface area (Å²) >= 11 is 0. The molecular weight excluding hydrogens is 242 g/mol. The Morgan fingerprint density at radius 1 is 1.22 bits per heavy atom. The van der Waals surface area contributed by atoms with E-state index in [4.69, 9.17) is 0 Å². The van der Waals surface area contributed by atoms with Crippen LogP contribution in [0.15, 0.2) is 30.3 Å². The smallest absolute Gasteiger partial charge is 0.100 e. The largest absolute Gasteiger partial charge is 0.242 e. The quantitative estimate of drug-likeness (QED) is 0.801. The van der Waals surface area contributed by atoms with E-state index in [2.05, 4.69) is 35.5 Å². The molecule has 1 aromatic rings. The fraction of sp³-hybridized carbons (Fsp3) is 0.600. The summed E-state index contributed by atoms with van der Waals surface area (Å²) in [7, 11) is -0.931. The predicted molar refractivity (Wildman–Crippen MR) is 77.6 cm³/mol. The van der Waals surface area contributed by atoms with Crippen LogP contribution in [0.4, 0.5) is 0 Å². The Bertz CT molecular complexity index is 424. The van der Waals surface area contributed by atoms with E-state index in [0.29, 0.717) is 12.0 Å². The van der Waals surface area contributed by atoms with Gasteiger partial charge in [0.05, 0.1) is 4.75 Å². The van der Waals surface area contributed by atoms with Gasteiger partial charge in [0.15, 0.2) is 0 Å². The fourth-order valence-electron chi connectivity index (χ4n) is 2.52. The van der Waals surface area contributed by atoms with Gasteiger partial charge in [-0.15, -0.1) is 0 Å². The van der Waals surface area contributed by atoms with Crippen molar-refractivity contribution in [1.82, 2.24) is 4.31 Å². The van der Waals surface area contributed by atoms with Crippen LogP contribution in [0.5, 0.6) is 0 Å². The molecule has 1 saturated heterocycles. The summed E-state index contributed by atoms with van der Waals surface area (Å²) in [6.45, 7) is 9.33. The lowest BCUT2D eigenvalue weighted by atomic mass is 10.0. The molecule has 0 bridgehead atoms. The lowest BCUT2D eigenvalue weighted by molar-refractivity contribution is 0.414. The first-order valence-electron chi connectivity index (χ1n) is 6.63. The molecule has 0 aliphatic carbocycles. The number of hydrogen-bond donors (Lipinski definition) is 0. The average molecular weight is 265 g/mol. The SMILES string of the molecule is CC1C[C@H](c2ccccc2)N([S@](=O)C(C)(C)C)C1. The van der Waals surface area contributed by atoms with Crippen molar-refractivity contribution < 1.29 is 4.21 Å². The van der Waals surface area contributed by atoms with Crippen molar-refractivity contribution in [2.24, 2.45) is 5.92 Å². The molecule has 18 heavy (non-hydrogen) atoms. The van der Waals surface area contributed by atoms with E-state index >= 15 is 0 Å². The average Bonchev–Trinajstić information content (AvgIpc) is 2.70. The van der Waals surface area contributed by atoms with Crippen LogP contribution in [0, 0.1) is 5.92 Å². The molecule has 1 unspecified atom stereocenters. The van der Waals surface area contributed by atoms with Gasteiger partial charge in [-0.05, 0) is 38.7 Å². The second-order valence-electron chi connectivity index (χ2n) is 6.23. The highest BCUT2D eigenvalue weighted by Gasteiger charge is 2.38. The van der Waals surface area contributed by atoms with E-state index in [1.165, 1.54) is 5.56 Å². The Balaban J connectivity index is 2.27. The maximum Gasteiger partial charge on any atom is 0.100 e. The van der Waals surface area contributed by atoms with Crippen molar-refractivity contribution in [2.45, 2.75) is 44.9 Å². The molecule has 3 heteroatoms. The lowest BCUT2D eigenvalue weighted by Gasteiger charge is -2.30. The zero-order valence-electron chi connectivity index (χ0n) is 11.7. The summed E-state index contributed by atoms with van der Waals surface area (Å²) < 4.78 is 14.6. The van der Waals surface area contributed by atoms with Crippen LogP contribution in [0.1, 0.15) is 45.7 Å². The summed E-state index contributed by atoms with van der Waals surface area (Å²) in [6.07, 6.45) is 1.10. The normalized spacial score (nSPS) is 27.3. The van der Waals surface area contributed by atoms with Gasteiger partial charge >= 0.3 is 0 Å². The third-order valence-corrected chi connectivity index (χ3v) is 5.26. The van der Waals surface area contributed by atoms with Gasteiger partial charge in [-0.2, -0.15) is 0 Å². The second kappa shape index (κ2) is 5.14. The molecule has 0 radical (unpaired) electrons. The molecule has 0 saturated carbocycles. The maximum absolute atomic E-state index is 12.6. The Kier molecular flexibility index (Phi) is 3.93. The van der Waals surface area contributed by atoms with Gasteiger partial charge in [0, 0.05) is 12.6 Å². The monoisotopic (exact) mass is 265 g/mol. The van der Waals surface area contributed by atoms with Crippen LogP contribution in [0.3, 0.4) is 0 Å². The van der Waals surface area contributed by atoms with Crippen molar-refractivity contribution in [3.8, 4) is 0 Å². The molecular formula is C15H23NOS. The molecule has 1 aliphatic heterocycles. The number of benzene rings is 1. The van der Waals surface area contributed by atoms with Crippen molar-refractivity contribution in [2.75, 3.05) is 6.54 Å². The first-order valence-corrected chi connectivity index (χ1v) is 7.74. The molecule has 1 aromatic carbocycles. The fourth-order valence-corrected chi connectivity index (χ4v) is 4.05. The Morgan fingerprint density at radius 3 is 2.39 bits per heavy atom. The summed E-state index contributed by atoms with van der Waals surface area (Å²) in [5.41, 5.74) is 1.29. The lowest BCUT2D eigenvalue weighted by Crippen LogP contribution is -2.37. The van der Waals surface area contributed by atoms with E-state index in [9.17, 15) is 4.21 Å². The second-order valence-corrected chi connectivity index (χ2v) is 8.42. The van der Waals surface area contributed by atoms with Crippen LogP contribution in [-0.2, 0) is 11.0 Å². The van der Waals surface area contributed by atoms with Gasteiger partial charge < -0.3 is 0 Å². The van der Waals surface area contributed by atoms with Gasteiger partial charge in [0.25, 0.3) is 0 Å². The minimum absolute atomic E-state index is 0.183. The highest BCUT2D eigenvalue weighted by atomic mass is 32.2. The molecule has 0 spiro atoms. The van der Waals surface area contributed by atoms with Gasteiger partial charge in [0.2, 0.25) is 0 Å². The van der Waals surface area contributed by atoms with Crippen LogP contribution in [0.25, 0.3) is 0 Å². The molecule has 1 aliphatic rings. The molecule has 3 atom stereocenters. The van der Waals surface area contributed by atoms with Gasteiger partial charge in [0.1, 0.15) is 11.0 Å². The summed E-state index contributed by atoms with van der Waals surface area (Å²) in [6, 6.07) is 10.8. The molecule has 0 amide bonds. The zero-order valence-corrected chi connectivity index (χ0v) is 12.5. The van der Waals surface area contributed by atoms with Crippen molar-refractivity contribution in [3.63, 3.8) is 0 Å². The first-order chi connectivity index (χ1) is 8.39. The number of rotatable bonds is 2. The molecule has 2 rings (SSSR count). The Hall–Kier alpha value is -0.670. The van der Waals surface area contributed by atoms with E-state index in [1.807, 2.05) is 26.8 Å². The number of hydrogen-bond acceptors (Lipinski definition) is 1. The van der Waals surface area contributed by atoms with Gasteiger partial charge in [-0.25, -0.2) is 8.51 Å².